The summed E-state index contributed by atoms with van der Waals surface area (Å²) in [6.45, 7) is 0. The third-order valence-corrected chi connectivity index (χ3v) is 4.53. The van der Waals surface area contributed by atoms with Gasteiger partial charge in [0.2, 0.25) is 0 Å². The van der Waals surface area contributed by atoms with Gasteiger partial charge in [-0.15, -0.1) is 6.42 Å². The van der Waals surface area contributed by atoms with Gasteiger partial charge in [0, 0.05) is 42.4 Å². The average Bonchev–Trinajstić information content (AvgIpc) is 2.66. The number of terminal acetylenes is 1. The Morgan fingerprint density at radius 2 is 1.83 bits per heavy atom. The molecule has 1 atom stereocenters. The number of hydrogen-bond acceptors (Lipinski definition) is 3. The Morgan fingerprint density at radius 3 is 2.47 bits per heavy atom. The Hall–Kier alpha value is -3.48. The van der Waals surface area contributed by atoms with Crippen molar-refractivity contribution < 1.29 is 23.2 Å². The molecule has 0 aliphatic rings. The van der Waals surface area contributed by atoms with Crippen molar-refractivity contribution in [3.63, 3.8) is 0 Å². The molecule has 3 aromatic rings. The van der Waals surface area contributed by atoms with Crippen LogP contribution in [0.3, 0.4) is 0 Å². The van der Waals surface area contributed by atoms with E-state index in [1.807, 2.05) is 0 Å². The third kappa shape index (κ3) is 4.92. The Balaban J connectivity index is 0.00000320. The Kier molecular flexibility index (Phi) is 7.10. The van der Waals surface area contributed by atoms with Crippen molar-refractivity contribution in [1.82, 2.24) is 4.57 Å². The van der Waals surface area contributed by atoms with Crippen LogP contribution in [-0.4, -0.2) is 20.5 Å². The fraction of sp³-hybridized carbons (Fsp3) is 0.0952. The number of benzene rings is 2. The zero-order valence-corrected chi connectivity index (χ0v) is 16.8. The van der Waals surface area contributed by atoms with E-state index < -0.39 is 22.6 Å². The number of nitrogens with one attached hydrogen (secondary N) is 1. The van der Waals surface area contributed by atoms with Crippen LogP contribution in [0.2, 0.25) is 0 Å². The minimum Gasteiger partial charge on any atom is -0.454 e. The Labute approximate surface area is 174 Å². The van der Waals surface area contributed by atoms with E-state index in [0.717, 1.165) is 6.07 Å². The summed E-state index contributed by atoms with van der Waals surface area (Å²) in [7, 11) is 0.225. The van der Waals surface area contributed by atoms with Gasteiger partial charge < -0.3 is 19.5 Å². The maximum Gasteiger partial charge on any atom is 0.266 e. The quantitative estimate of drug-likeness (QED) is 0.629. The SMILES string of the molecule is C#Cc1cc(-c2cc(NS(C)=O)ccc2Oc2ccc(F)cc2F)cn(C)c1=O.O. The van der Waals surface area contributed by atoms with Crippen LogP contribution in [0.25, 0.3) is 11.1 Å². The number of aromatic nitrogens is 1. The molecule has 0 radical (unpaired) electrons. The maximum atomic E-state index is 14.1. The van der Waals surface area contributed by atoms with E-state index in [9.17, 15) is 17.8 Å². The number of hydrogen-bond donors (Lipinski definition) is 1. The van der Waals surface area contributed by atoms with Crippen molar-refractivity contribution >= 4 is 16.7 Å². The molecule has 0 saturated heterocycles. The lowest BCUT2D eigenvalue weighted by molar-refractivity contribution is 0.439. The number of aryl methyl sites for hydroxylation is 1. The lowest BCUT2D eigenvalue weighted by atomic mass is 10.0. The van der Waals surface area contributed by atoms with Crippen molar-refractivity contribution in [2.45, 2.75) is 0 Å². The predicted octanol–water partition coefficient (Wildman–Crippen LogP) is 2.98. The van der Waals surface area contributed by atoms with Gasteiger partial charge in [0.1, 0.15) is 22.6 Å². The molecule has 0 aliphatic carbocycles. The molecule has 1 aromatic heterocycles. The van der Waals surface area contributed by atoms with Crippen LogP contribution in [0.1, 0.15) is 5.56 Å². The molecule has 3 N–H and O–H groups in total. The van der Waals surface area contributed by atoms with Crippen molar-refractivity contribution in [3.8, 4) is 35.0 Å². The summed E-state index contributed by atoms with van der Waals surface area (Å²) >= 11 is 0. The summed E-state index contributed by atoms with van der Waals surface area (Å²) in [5.74, 6) is 0.817. The van der Waals surface area contributed by atoms with Crippen LogP contribution in [0.4, 0.5) is 14.5 Å². The number of nitrogens with zero attached hydrogens (tertiary/aromatic N) is 1. The molecule has 3 rings (SSSR count). The number of pyridine rings is 1. The fourth-order valence-electron chi connectivity index (χ4n) is 2.71. The Bertz CT molecular complexity index is 1220. The highest BCUT2D eigenvalue weighted by molar-refractivity contribution is 7.85. The van der Waals surface area contributed by atoms with Crippen LogP contribution in [-0.2, 0) is 18.0 Å². The predicted molar refractivity (Wildman–Crippen MR) is 113 cm³/mol. The smallest absolute Gasteiger partial charge is 0.266 e. The van der Waals surface area contributed by atoms with E-state index in [2.05, 4.69) is 10.6 Å². The molecule has 6 nitrogen and oxygen atoms in total. The van der Waals surface area contributed by atoms with Crippen molar-refractivity contribution in [2.24, 2.45) is 7.05 Å². The highest BCUT2D eigenvalue weighted by Crippen LogP contribution is 2.36. The van der Waals surface area contributed by atoms with Gasteiger partial charge in [0.05, 0.1) is 5.56 Å². The normalized spacial score (nSPS) is 11.2. The molecule has 0 amide bonds. The Morgan fingerprint density at radius 1 is 1.13 bits per heavy atom. The van der Waals surface area contributed by atoms with Crippen molar-refractivity contribution in [3.05, 3.63) is 76.2 Å². The molecule has 30 heavy (non-hydrogen) atoms. The molecule has 9 heteroatoms. The first-order chi connectivity index (χ1) is 13.8. The minimum absolute atomic E-state index is 0. The van der Waals surface area contributed by atoms with Crippen LogP contribution in [0, 0.1) is 24.0 Å². The second kappa shape index (κ2) is 9.35. The molecule has 0 fully saturated rings. The number of rotatable bonds is 5. The molecule has 0 aliphatic heterocycles. The van der Waals surface area contributed by atoms with E-state index in [4.69, 9.17) is 11.2 Å². The summed E-state index contributed by atoms with van der Waals surface area (Å²) in [6, 6.07) is 9.27. The van der Waals surface area contributed by atoms with Gasteiger partial charge in [-0.2, -0.15) is 0 Å². The third-order valence-electron chi connectivity index (χ3n) is 4.00. The second-order valence-electron chi connectivity index (χ2n) is 6.15. The van der Waals surface area contributed by atoms with Crippen LogP contribution in [0.5, 0.6) is 11.5 Å². The van der Waals surface area contributed by atoms with E-state index in [0.29, 0.717) is 22.9 Å². The number of ether oxygens (including phenoxy) is 1. The average molecular weight is 432 g/mol. The van der Waals surface area contributed by atoms with Crippen molar-refractivity contribution in [2.75, 3.05) is 11.0 Å². The summed E-state index contributed by atoms with van der Waals surface area (Å²) in [5.41, 5.74) is 1.32. The van der Waals surface area contributed by atoms with Gasteiger partial charge in [0.25, 0.3) is 5.56 Å². The maximum absolute atomic E-state index is 14.1. The van der Waals surface area contributed by atoms with Gasteiger partial charge in [0.15, 0.2) is 11.6 Å². The van der Waals surface area contributed by atoms with Crippen LogP contribution in [0.15, 0.2) is 53.5 Å². The van der Waals surface area contributed by atoms with Crippen LogP contribution >= 0.6 is 0 Å². The zero-order valence-electron chi connectivity index (χ0n) is 16.0. The summed E-state index contributed by atoms with van der Waals surface area (Å²) in [6.07, 6.45) is 8.45. The van der Waals surface area contributed by atoms with Crippen LogP contribution < -0.4 is 15.0 Å². The molecule has 0 bridgehead atoms. The summed E-state index contributed by atoms with van der Waals surface area (Å²) in [4.78, 5) is 12.1. The van der Waals surface area contributed by atoms with E-state index in [1.165, 1.54) is 23.0 Å². The molecule has 156 valence electrons. The molecule has 0 spiro atoms. The van der Waals surface area contributed by atoms with E-state index >= 15 is 0 Å². The lowest BCUT2D eigenvalue weighted by Crippen LogP contribution is -2.19. The molecule has 1 heterocycles. The largest absolute Gasteiger partial charge is 0.454 e. The second-order valence-corrected chi connectivity index (χ2v) is 7.26. The van der Waals surface area contributed by atoms with Gasteiger partial charge in [-0.25, -0.2) is 13.0 Å². The molecule has 2 aromatic carbocycles. The molecule has 1 unspecified atom stereocenters. The first-order valence-corrected chi connectivity index (χ1v) is 9.89. The topological polar surface area (TPSA) is 91.8 Å². The molecule has 0 saturated carbocycles. The fourth-order valence-corrected chi connectivity index (χ4v) is 3.17. The highest BCUT2D eigenvalue weighted by atomic mass is 32.2. The highest BCUT2D eigenvalue weighted by Gasteiger charge is 2.14. The van der Waals surface area contributed by atoms with Gasteiger partial charge >= 0.3 is 0 Å². The standard InChI is InChI=1S/C21H16F2N2O3S.H2O/c1-4-13-9-14(12-25(2)21(13)26)17-11-16(24-29(3)27)6-8-19(17)28-20-7-5-15(22)10-18(20)23;/h1,5-12,24H,2-3H3;1H2. The number of halogens is 2. The van der Waals surface area contributed by atoms with Gasteiger partial charge in [-0.3, -0.25) is 4.79 Å². The first kappa shape index (κ1) is 22.8. The molecular weight excluding hydrogens is 414 g/mol. The summed E-state index contributed by atoms with van der Waals surface area (Å²) in [5, 5.41) is 0. The minimum atomic E-state index is -1.33. The lowest BCUT2D eigenvalue weighted by Gasteiger charge is -2.15. The number of anilines is 1. The summed E-state index contributed by atoms with van der Waals surface area (Å²) < 4.78 is 48.5. The first-order valence-electron chi connectivity index (χ1n) is 8.33. The van der Waals surface area contributed by atoms with E-state index in [1.54, 1.807) is 31.4 Å². The molecular formula is C21H18F2N2O4S. The van der Waals surface area contributed by atoms with Gasteiger partial charge in [-0.05, 0) is 36.4 Å². The van der Waals surface area contributed by atoms with Crippen molar-refractivity contribution in [1.29, 1.82) is 0 Å². The van der Waals surface area contributed by atoms with Gasteiger partial charge in [-0.1, -0.05) is 5.92 Å². The monoisotopic (exact) mass is 432 g/mol. The van der Waals surface area contributed by atoms with E-state index in [-0.39, 0.29) is 28.1 Å². The zero-order chi connectivity index (χ0) is 21.1.